The van der Waals surface area contributed by atoms with Gasteiger partial charge in [0.1, 0.15) is 5.75 Å². The fraction of sp³-hybridized carbons (Fsp3) is 0.632. The number of hydrogen-bond acceptors (Lipinski definition) is 4. The van der Waals surface area contributed by atoms with Crippen LogP contribution in [0.2, 0.25) is 0 Å². The summed E-state index contributed by atoms with van der Waals surface area (Å²) < 4.78 is 10.8. The molecule has 2 N–H and O–H groups in total. The molecule has 1 aromatic rings. The average molecular weight is 348 g/mol. The topological polar surface area (TPSA) is 58.1 Å². The monoisotopic (exact) mass is 348 g/mol. The highest BCUT2D eigenvalue weighted by Crippen LogP contribution is 2.31. The molecule has 6 nitrogen and oxygen atoms in total. The Labute approximate surface area is 151 Å². The zero-order valence-corrected chi connectivity index (χ0v) is 15.8. The van der Waals surface area contributed by atoms with E-state index < -0.39 is 0 Å². The van der Waals surface area contributed by atoms with Gasteiger partial charge >= 0.3 is 0 Å². The van der Waals surface area contributed by atoms with Crippen molar-refractivity contribution >= 4 is 11.6 Å². The van der Waals surface area contributed by atoms with Crippen LogP contribution in [0.15, 0.2) is 29.3 Å². The van der Waals surface area contributed by atoms with Crippen LogP contribution < -0.4 is 20.3 Å². The maximum absolute atomic E-state index is 5.48. The summed E-state index contributed by atoms with van der Waals surface area (Å²) >= 11 is 0. The smallest absolute Gasteiger partial charge is 0.190 e. The molecular weight excluding hydrogens is 316 g/mol. The van der Waals surface area contributed by atoms with Crippen LogP contribution in [-0.2, 0) is 4.74 Å². The Hall–Kier alpha value is -1.95. The van der Waals surface area contributed by atoms with Crippen molar-refractivity contribution in [3.8, 4) is 5.75 Å². The number of methoxy groups -OCH3 is 1. The number of hydrogen-bond donors (Lipinski definition) is 2. The number of ether oxygens (including phenoxy) is 2. The number of guanidine groups is 1. The number of benzene rings is 1. The Morgan fingerprint density at radius 3 is 2.92 bits per heavy atom. The second-order valence-corrected chi connectivity index (χ2v) is 6.20. The van der Waals surface area contributed by atoms with Crippen molar-refractivity contribution in [1.82, 2.24) is 10.6 Å². The molecule has 6 heteroatoms. The highest BCUT2D eigenvalue weighted by atomic mass is 16.5. The summed E-state index contributed by atoms with van der Waals surface area (Å²) in [5.41, 5.74) is 1.19. The fourth-order valence-corrected chi connectivity index (χ4v) is 3.10. The van der Waals surface area contributed by atoms with Gasteiger partial charge < -0.3 is 25.0 Å². The number of aliphatic imine (C=N–C) groups is 1. The Morgan fingerprint density at radius 1 is 1.32 bits per heavy atom. The van der Waals surface area contributed by atoms with E-state index in [2.05, 4.69) is 32.7 Å². The molecule has 2 rings (SSSR count). The molecule has 25 heavy (non-hydrogen) atoms. The van der Waals surface area contributed by atoms with Crippen molar-refractivity contribution in [2.75, 3.05) is 58.5 Å². The summed E-state index contributed by atoms with van der Waals surface area (Å²) in [5.74, 6) is 2.42. The standard InChI is InChI=1S/C19H32N4O2/c1-4-25-13-7-11-21-19(20-2)22-14-16-10-12-23(15-16)17-8-5-6-9-18(17)24-3/h5-6,8-9,16H,4,7,10-15H2,1-3H3,(H2,20,21,22). The van der Waals surface area contributed by atoms with E-state index in [1.165, 1.54) is 12.1 Å². The van der Waals surface area contributed by atoms with Crippen molar-refractivity contribution in [3.63, 3.8) is 0 Å². The zero-order chi connectivity index (χ0) is 17.9. The quantitative estimate of drug-likeness (QED) is 0.407. The zero-order valence-electron chi connectivity index (χ0n) is 15.8. The first kappa shape index (κ1) is 19.4. The highest BCUT2D eigenvalue weighted by Gasteiger charge is 2.24. The normalized spacial score (nSPS) is 17.6. The van der Waals surface area contributed by atoms with Crippen LogP contribution in [0.1, 0.15) is 19.8 Å². The molecule has 0 radical (unpaired) electrons. The predicted molar refractivity (Wildman–Crippen MR) is 104 cm³/mol. The first-order valence-electron chi connectivity index (χ1n) is 9.18. The van der Waals surface area contributed by atoms with Gasteiger partial charge in [-0.3, -0.25) is 4.99 Å². The summed E-state index contributed by atoms with van der Waals surface area (Å²) in [6.45, 7) is 7.48. The lowest BCUT2D eigenvalue weighted by Gasteiger charge is -2.21. The van der Waals surface area contributed by atoms with Gasteiger partial charge in [-0.1, -0.05) is 12.1 Å². The number of rotatable bonds is 9. The average Bonchev–Trinajstić information content (AvgIpc) is 3.12. The fourth-order valence-electron chi connectivity index (χ4n) is 3.10. The third-order valence-electron chi connectivity index (χ3n) is 4.46. The van der Waals surface area contributed by atoms with Crippen LogP contribution in [0.3, 0.4) is 0 Å². The van der Waals surface area contributed by atoms with Crippen LogP contribution in [-0.4, -0.2) is 59.5 Å². The maximum Gasteiger partial charge on any atom is 0.190 e. The Bertz CT molecular complexity index is 536. The second-order valence-electron chi connectivity index (χ2n) is 6.20. The molecular formula is C19H32N4O2. The molecule has 1 saturated heterocycles. The largest absolute Gasteiger partial charge is 0.495 e. The van der Waals surface area contributed by atoms with Crippen molar-refractivity contribution in [2.24, 2.45) is 10.9 Å². The molecule has 0 bridgehead atoms. The van der Waals surface area contributed by atoms with Crippen LogP contribution >= 0.6 is 0 Å². The van der Waals surface area contributed by atoms with E-state index in [0.29, 0.717) is 5.92 Å². The van der Waals surface area contributed by atoms with Crippen molar-refractivity contribution in [2.45, 2.75) is 19.8 Å². The molecule has 0 aliphatic carbocycles. The lowest BCUT2D eigenvalue weighted by Crippen LogP contribution is -2.40. The minimum Gasteiger partial charge on any atom is -0.495 e. The van der Waals surface area contributed by atoms with Gasteiger partial charge in [-0.2, -0.15) is 0 Å². The minimum absolute atomic E-state index is 0.604. The van der Waals surface area contributed by atoms with Crippen molar-refractivity contribution in [3.05, 3.63) is 24.3 Å². The second kappa shape index (κ2) is 10.8. The molecule has 140 valence electrons. The number of nitrogens with zero attached hydrogens (tertiary/aromatic N) is 2. The SMILES string of the molecule is CCOCCCNC(=NC)NCC1CCN(c2ccccc2OC)C1. The summed E-state index contributed by atoms with van der Waals surface area (Å²) in [7, 11) is 3.54. The molecule has 1 aliphatic heterocycles. The lowest BCUT2D eigenvalue weighted by molar-refractivity contribution is 0.145. The van der Waals surface area contributed by atoms with Gasteiger partial charge in [0.15, 0.2) is 5.96 Å². The first-order chi connectivity index (χ1) is 12.3. The van der Waals surface area contributed by atoms with E-state index in [-0.39, 0.29) is 0 Å². The third-order valence-corrected chi connectivity index (χ3v) is 4.46. The lowest BCUT2D eigenvalue weighted by atomic mass is 10.1. The Morgan fingerprint density at radius 2 is 2.16 bits per heavy atom. The van der Waals surface area contributed by atoms with E-state index in [9.17, 15) is 0 Å². The molecule has 1 heterocycles. The van der Waals surface area contributed by atoms with E-state index in [4.69, 9.17) is 9.47 Å². The van der Waals surface area contributed by atoms with Gasteiger partial charge in [0.05, 0.1) is 12.8 Å². The molecule has 1 atom stereocenters. The summed E-state index contributed by atoms with van der Waals surface area (Å²) in [6, 6.07) is 8.23. The van der Waals surface area contributed by atoms with Gasteiger partial charge in [0.25, 0.3) is 0 Å². The molecule has 1 unspecified atom stereocenters. The molecule has 1 fully saturated rings. The van der Waals surface area contributed by atoms with Crippen LogP contribution in [0.25, 0.3) is 0 Å². The van der Waals surface area contributed by atoms with Gasteiger partial charge in [-0.05, 0) is 37.8 Å². The first-order valence-corrected chi connectivity index (χ1v) is 9.18. The molecule has 0 aromatic heterocycles. The van der Waals surface area contributed by atoms with Gasteiger partial charge in [0.2, 0.25) is 0 Å². The summed E-state index contributed by atoms with van der Waals surface area (Å²) in [4.78, 5) is 6.70. The third kappa shape index (κ3) is 6.12. The van der Waals surface area contributed by atoms with Crippen LogP contribution in [0.5, 0.6) is 5.75 Å². The van der Waals surface area contributed by atoms with Crippen LogP contribution in [0.4, 0.5) is 5.69 Å². The highest BCUT2D eigenvalue weighted by molar-refractivity contribution is 5.79. The van der Waals surface area contributed by atoms with Crippen molar-refractivity contribution in [1.29, 1.82) is 0 Å². The Kier molecular flexibility index (Phi) is 8.39. The number of para-hydroxylation sites is 2. The van der Waals surface area contributed by atoms with Gasteiger partial charge in [-0.25, -0.2) is 0 Å². The van der Waals surface area contributed by atoms with Crippen LogP contribution in [0, 0.1) is 5.92 Å². The van der Waals surface area contributed by atoms with E-state index in [0.717, 1.165) is 57.5 Å². The van der Waals surface area contributed by atoms with E-state index in [1.54, 1.807) is 7.11 Å². The summed E-state index contributed by atoms with van der Waals surface area (Å²) in [6.07, 6.45) is 2.16. The molecule has 0 spiro atoms. The minimum atomic E-state index is 0.604. The molecule has 0 saturated carbocycles. The van der Waals surface area contributed by atoms with Crippen molar-refractivity contribution < 1.29 is 9.47 Å². The van der Waals surface area contributed by atoms with Gasteiger partial charge in [0, 0.05) is 46.4 Å². The predicted octanol–water partition coefficient (Wildman–Crippen LogP) is 2.11. The number of anilines is 1. The van der Waals surface area contributed by atoms with E-state index >= 15 is 0 Å². The molecule has 1 aliphatic rings. The molecule has 1 aromatic carbocycles. The molecule has 0 amide bonds. The van der Waals surface area contributed by atoms with E-state index in [1.807, 2.05) is 26.1 Å². The van der Waals surface area contributed by atoms with Gasteiger partial charge in [-0.15, -0.1) is 0 Å². The number of nitrogens with one attached hydrogen (secondary N) is 2. The Balaban J connectivity index is 1.73. The maximum atomic E-state index is 5.48. The summed E-state index contributed by atoms with van der Waals surface area (Å²) in [5, 5.41) is 6.78.